The number of halogens is 2. The number of H-pyrrole nitrogens is 1. The molecular formula is C14H12F2N2O3. The van der Waals surface area contributed by atoms with E-state index in [4.69, 9.17) is 4.74 Å². The summed E-state index contributed by atoms with van der Waals surface area (Å²) in [7, 11) is 0. The van der Waals surface area contributed by atoms with Crippen LogP contribution < -0.4 is 5.32 Å². The summed E-state index contributed by atoms with van der Waals surface area (Å²) in [5.41, 5.74) is -0.0348. The van der Waals surface area contributed by atoms with Gasteiger partial charge in [-0.15, -0.1) is 0 Å². The summed E-state index contributed by atoms with van der Waals surface area (Å²) >= 11 is 0. The standard InChI is InChI=1S/C14H12F2N2O3/c1-2-21-14(20)12-6-9(7-17-12)18-13(19)10-5-8(15)3-4-11(10)16/h3-7,17H,2H2,1H3,(H,18,19). The first-order valence-electron chi connectivity index (χ1n) is 6.13. The third kappa shape index (κ3) is 3.44. The Morgan fingerprint density at radius 1 is 1.29 bits per heavy atom. The van der Waals surface area contributed by atoms with E-state index in [0.717, 1.165) is 18.2 Å². The monoisotopic (exact) mass is 294 g/mol. The number of aromatic nitrogens is 1. The van der Waals surface area contributed by atoms with Crippen molar-refractivity contribution >= 4 is 17.6 Å². The van der Waals surface area contributed by atoms with Gasteiger partial charge < -0.3 is 15.0 Å². The van der Waals surface area contributed by atoms with Crippen LogP contribution in [0.25, 0.3) is 0 Å². The van der Waals surface area contributed by atoms with Crippen LogP contribution in [0.5, 0.6) is 0 Å². The minimum absolute atomic E-state index is 0.145. The Balaban J connectivity index is 2.13. The molecule has 2 aromatic rings. The summed E-state index contributed by atoms with van der Waals surface area (Å²) in [6.45, 7) is 1.88. The van der Waals surface area contributed by atoms with Crippen LogP contribution in [-0.4, -0.2) is 23.5 Å². The fraction of sp³-hybridized carbons (Fsp3) is 0.143. The Bertz CT molecular complexity index is 683. The van der Waals surface area contributed by atoms with Crippen LogP contribution in [-0.2, 0) is 4.74 Å². The zero-order valence-corrected chi connectivity index (χ0v) is 11.1. The summed E-state index contributed by atoms with van der Waals surface area (Å²) in [4.78, 5) is 25.9. The van der Waals surface area contributed by atoms with E-state index in [9.17, 15) is 18.4 Å². The smallest absolute Gasteiger partial charge is 0.354 e. The normalized spacial score (nSPS) is 10.2. The number of amides is 1. The van der Waals surface area contributed by atoms with E-state index in [-0.39, 0.29) is 18.0 Å². The van der Waals surface area contributed by atoms with Crippen molar-refractivity contribution in [2.75, 3.05) is 11.9 Å². The van der Waals surface area contributed by atoms with Gasteiger partial charge in [0.05, 0.1) is 17.9 Å². The van der Waals surface area contributed by atoms with E-state index < -0.39 is 29.1 Å². The molecule has 0 fully saturated rings. The number of carbonyl (C=O) groups is 2. The Morgan fingerprint density at radius 2 is 2.05 bits per heavy atom. The molecule has 1 amide bonds. The molecule has 0 saturated carbocycles. The number of nitrogens with one attached hydrogen (secondary N) is 2. The van der Waals surface area contributed by atoms with E-state index in [1.54, 1.807) is 6.92 Å². The number of hydrogen-bond donors (Lipinski definition) is 2. The maximum Gasteiger partial charge on any atom is 0.354 e. The van der Waals surface area contributed by atoms with Crippen LogP contribution in [0.4, 0.5) is 14.5 Å². The van der Waals surface area contributed by atoms with E-state index >= 15 is 0 Å². The van der Waals surface area contributed by atoms with Gasteiger partial charge in [-0.3, -0.25) is 4.79 Å². The van der Waals surface area contributed by atoms with Crippen molar-refractivity contribution in [3.05, 3.63) is 53.4 Å². The first kappa shape index (κ1) is 14.7. The first-order chi connectivity index (χ1) is 10.0. The van der Waals surface area contributed by atoms with Crippen LogP contribution in [0.1, 0.15) is 27.8 Å². The Hall–Kier alpha value is -2.70. The van der Waals surface area contributed by atoms with Crippen molar-refractivity contribution < 1.29 is 23.1 Å². The first-order valence-corrected chi connectivity index (χ1v) is 6.13. The van der Waals surface area contributed by atoms with E-state index in [2.05, 4.69) is 10.3 Å². The molecule has 0 spiro atoms. The maximum atomic E-state index is 13.4. The van der Waals surface area contributed by atoms with E-state index in [0.29, 0.717) is 0 Å². The largest absolute Gasteiger partial charge is 0.461 e. The number of rotatable bonds is 4. The topological polar surface area (TPSA) is 71.2 Å². The van der Waals surface area contributed by atoms with Gasteiger partial charge in [-0.05, 0) is 31.2 Å². The third-order valence-electron chi connectivity index (χ3n) is 2.61. The van der Waals surface area contributed by atoms with Gasteiger partial charge >= 0.3 is 5.97 Å². The second-order valence-corrected chi connectivity index (χ2v) is 4.10. The quantitative estimate of drug-likeness (QED) is 0.852. The van der Waals surface area contributed by atoms with Crippen LogP contribution in [0.15, 0.2) is 30.5 Å². The predicted octanol–water partition coefficient (Wildman–Crippen LogP) is 2.72. The summed E-state index contributed by atoms with van der Waals surface area (Å²) in [5.74, 6) is -2.95. The summed E-state index contributed by atoms with van der Waals surface area (Å²) < 4.78 is 31.2. The molecule has 0 aliphatic heterocycles. The van der Waals surface area contributed by atoms with Gasteiger partial charge in [0.25, 0.3) is 5.91 Å². The fourth-order valence-corrected chi connectivity index (χ4v) is 1.66. The van der Waals surface area contributed by atoms with Gasteiger partial charge in [0.15, 0.2) is 0 Å². The molecule has 0 saturated heterocycles. The lowest BCUT2D eigenvalue weighted by molar-refractivity contribution is 0.0520. The molecule has 5 nitrogen and oxygen atoms in total. The maximum absolute atomic E-state index is 13.4. The highest BCUT2D eigenvalue weighted by molar-refractivity contribution is 6.05. The molecule has 21 heavy (non-hydrogen) atoms. The Morgan fingerprint density at radius 3 is 2.76 bits per heavy atom. The molecule has 0 unspecified atom stereocenters. The number of anilines is 1. The number of aromatic amines is 1. The molecule has 0 atom stereocenters. The second kappa shape index (κ2) is 6.17. The van der Waals surface area contributed by atoms with Gasteiger partial charge in [-0.25, -0.2) is 13.6 Å². The molecular weight excluding hydrogens is 282 g/mol. The molecule has 1 aromatic heterocycles. The van der Waals surface area contributed by atoms with Crippen molar-refractivity contribution in [1.82, 2.24) is 4.98 Å². The highest BCUT2D eigenvalue weighted by atomic mass is 19.1. The molecule has 1 aromatic carbocycles. The molecule has 0 bridgehead atoms. The van der Waals surface area contributed by atoms with Crippen molar-refractivity contribution in [1.29, 1.82) is 0 Å². The molecule has 7 heteroatoms. The Kier molecular flexibility index (Phi) is 4.32. The highest BCUT2D eigenvalue weighted by Gasteiger charge is 2.15. The molecule has 2 rings (SSSR count). The van der Waals surface area contributed by atoms with Crippen molar-refractivity contribution in [3.8, 4) is 0 Å². The average molecular weight is 294 g/mol. The second-order valence-electron chi connectivity index (χ2n) is 4.10. The van der Waals surface area contributed by atoms with E-state index in [1.165, 1.54) is 12.3 Å². The number of carbonyl (C=O) groups excluding carboxylic acids is 2. The molecule has 1 heterocycles. The van der Waals surface area contributed by atoms with Crippen LogP contribution >= 0.6 is 0 Å². The molecule has 2 N–H and O–H groups in total. The lowest BCUT2D eigenvalue weighted by atomic mass is 10.2. The van der Waals surface area contributed by atoms with Crippen LogP contribution in [0.2, 0.25) is 0 Å². The lowest BCUT2D eigenvalue weighted by Crippen LogP contribution is -2.13. The molecule has 0 aliphatic rings. The Labute approximate surface area is 118 Å². The van der Waals surface area contributed by atoms with E-state index in [1.807, 2.05) is 0 Å². The zero-order chi connectivity index (χ0) is 15.4. The van der Waals surface area contributed by atoms with Crippen LogP contribution in [0.3, 0.4) is 0 Å². The minimum Gasteiger partial charge on any atom is -0.461 e. The molecule has 0 radical (unpaired) electrons. The van der Waals surface area contributed by atoms with Crippen molar-refractivity contribution in [2.45, 2.75) is 6.92 Å². The van der Waals surface area contributed by atoms with Gasteiger partial charge in [0, 0.05) is 6.20 Å². The van der Waals surface area contributed by atoms with Crippen molar-refractivity contribution in [3.63, 3.8) is 0 Å². The summed E-state index contributed by atoms with van der Waals surface area (Å²) in [5, 5.41) is 2.36. The lowest BCUT2D eigenvalue weighted by Gasteiger charge is -2.04. The molecule has 0 aliphatic carbocycles. The third-order valence-corrected chi connectivity index (χ3v) is 2.61. The summed E-state index contributed by atoms with van der Waals surface area (Å²) in [6.07, 6.45) is 1.35. The zero-order valence-electron chi connectivity index (χ0n) is 11.1. The average Bonchev–Trinajstić information content (AvgIpc) is 2.90. The number of hydrogen-bond acceptors (Lipinski definition) is 3. The summed E-state index contributed by atoms with van der Waals surface area (Å²) in [6, 6.07) is 3.92. The number of esters is 1. The van der Waals surface area contributed by atoms with Gasteiger partial charge in [0.2, 0.25) is 0 Å². The SMILES string of the molecule is CCOC(=O)c1cc(NC(=O)c2cc(F)ccc2F)c[nH]1. The number of benzene rings is 1. The fourth-order valence-electron chi connectivity index (χ4n) is 1.66. The van der Waals surface area contributed by atoms with Gasteiger partial charge in [-0.1, -0.05) is 0 Å². The molecule has 110 valence electrons. The van der Waals surface area contributed by atoms with Crippen LogP contribution in [0, 0.1) is 11.6 Å². The minimum atomic E-state index is -0.838. The highest BCUT2D eigenvalue weighted by Crippen LogP contribution is 2.15. The predicted molar refractivity (Wildman–Crippen MR) is 71.1 cm³/mol. The van der Waals surface area contributed by atoms with Gasteiger partial charge in [-0.2, -0.15) is 0 Å². The van der Waals surface area contributed by atoms with Gasteiger partial charge in [0.1, 0.15) is 17.3 Å². The number of ether oxygens (including phenoxy) is 1. The van der Waals surface area contributed by atoms with Crippen molar-refractivity contribution in [2.24, 2.45) is 0 Å².